The van der Waals surface area contributed by atoms with Gasteiger partial charge in [-0.2, -0.15) is 0 Å². The monoisotopic (exact) mass is 223 g/mol. The van der Waals surface area contributed by atoms with Crippen molar-refractivity contribution in [1.82, 2.24) is 0 Å². The van der Waals surface area contributed by atoms with Crippen LogP contribution in [0.5, 0.6) is 0 Å². The maximum Gasteiger partial charge on any atom is 0.0458 e. The molecule has 0 aliphatic heterocycles. The summed E-state index contributed by atoms with van der Waals surface area (Å²) < 4.78 is 0. The summed E-state index contributed by atoms with van der Waals surface area (Å²) in [4.78, 5) is 0. The minimum Gasteiger partial charge on any atom is -0.0843 e. The summed E-state index contributed by atoms with van der Waals surface area (Å²) in [5, 5.41) is 1.42. The molecule has 0 saturated carbocycles. The lowest BCUT2D eigenvalue weighted by molar-refractivity contribution is 0.851. The lowest BCUT2D eigenvalue weighted by Crippen LogP contribution is -1.97. The van der Waals surface area contributed by atoms with Crippen LogP contribution in [0.15, 0.2) is 36.4 Å². The molecule has 2 rings (SSSR count). The summed E-state index contributed by atoms with van der Waals surface area (Å²) in [7, 11) is 0. The summed E-state index contributed by atoms with van der Waals surface area (Å²) in [5.74, 6) is 0.362. The van der Waals surface area contributed by atoms with Gasteiger partial charge in [-0.15, -0.1) is 0 Å². The van der Waals surface area contributed by atoms with Crippen molar-refractivity contribution in [2.75, 3.05) is 0 Å². The van der Waals surface area contributed by atoms with Gasteiger partial charge in [0, 0.05) is 16.0 Å². The van der Waals surface area contributed by atoms with Gasteiger partial charge in [0.1, 0.15) is 0 Å². The van der Waals surface area contributed by atoms with Crippen molar-refractivity contribution in [1.29, 1.82) is 0 Å². The van der Waals surface area contributed by atoms with Gasteiger partial charge in [-0.05, 0) is 30.2 Å². The predicted octanol–water partition coefficient (Wildman–Crippen LogP) is 4.40. The normalized spacial score (nSPS) is 20.0. The average molecular weight is 224 g/mol. The van der Waals surface area contributed by atoms with Gasteiger partial charge in [0.05, 0.1) is 0 Å². The zero-order valence-electron chi connectivity index (χ0n) is 7.50. The molecule has 1 radical (unpaired) electrons. The first-order valence-corrected chi connectivity index (χ1v) is 5.22. The Bertz CT molecular complexity index is 391. The second kappa shape index (κ2) is 4.20. The predicted molar refractivity (Wildman–Crippen MR) is 60.8 cm³/mol. The molecule has 14 heavy (non-hydrogen) atoms. The highest BCUT2D eigenvalue weighted by Crippen LogP contribution is 2.31. The SMILES string of the molecule is Clc1ccc(C2C=C[C]=CC2)c(Cl)c1. The van der Waals surface area contributed by atoms with Crippen LogP contribution in [0.3, 0.4) is 0 Å². The van der Waals surface area contributed by atoms with E-state index in [2.05, 4.69) is 12.2 Å². The molecular weight excluding hydrogens is 215 g/mol. The van der Waals surface area contributed by atoms with Gasteiger partial charge in [0.15, 0.2) is 0 Å². The van der Waals surface area contributed by atoms with Gasteiger partial charge in [-0.25, -0.2) is 0 Å². The fourth-order valence-electron chi connectivity index (χ4n) is 1.55. The molecule has 0 amide bonds. The topological polar surface area (TPSA) is 0 Å². The molecule has 1 aliphatic carbocycles. The molecule has 0 saturated heterocycles. The van der Waals surface area contributed by atoms with Gasteiger partial charge in [0.2, 0.25) is 0 Å². The van der Waals surface area contributed by atoms with Crippen molar-refractivity contribution < 1.29 is 0 Å². The van der Waals surface area contributed by atoms with Crippen molar-refractivity contribution in [2.45, 2.75) is 12.3 Å². The first kappa shape index (κ1) is 9.82. The van der Waals surface area contributed by atoms with E-state index in [0.717, 1.165) is 17.0 Å². The van der Waals surface area contributed by atoms with Crippen molar-refractivity contribution in [3.8, 4) is 0 Å². The lowest BCUT2D eigenvalue weighted by atomic mass is 9.93. The smallest absolute Gasteiger partial charge is 0.0458 e. The summed E-state index contributed by atoms with van der Waals surface area (Å²) in [5.41, 5.74) is 1.13. The molecule has 0 spiro atoms. The average Bonchev–Trinajstić information content (AvgIpc) is 2.19. The fraction of sp³-hybridized carbons (Fsp3) is 0.167. The van der Waals surface area contributed by atoms with Crippen molar-refractivity contribution in [3.63, 3.8) is 0 Å². The van der Waals surface area contributed by atoms with Gasteiger partial charge in [-0.1, -0.05) is 47.5 Å². The van der Waals surface area contributed by atoms with E-state index < -0.39 is 0 Å². The van der Waals surface area contributed by atoms with Crippen LogP contribution in [0.25, 0.3) is 0 Å². The molecule has 1 aromatic carbocycles. The summed E-state index contributed by atoms with van der Waals surface area (Å²) in [6, 6.07) is 5.64. The standard InChI is InChI=1S/C12H9Cl2/c13-10-6-7-11(12(14)8-10)9-4-2-1-3-5-9/h2-4,6-9H,5H2. The van der Waals surface area contributed by atoms with Crippen LogP contribution in [0.2, 0.25) is 10.0 Å². The molecule has 1 atom stereocenters. The Balaban J connectivity index is 2.32. The number of hydrogen-bond acceptors (Lipinski definition) is 0. The number of rotatable bonds is 1. The third kappa shape index (κ3) is 2.02. The van der Waals surface area contributed by atoms with Crippen LogP contribution < -0.4 is 0 Å². The first-order chi connectivity index (χ1) is 6.77. The van der Waals surface area contributed by atoms with Gasteiger partial charge in [-0.3, -0.25) is 0 Å². The highest BCUT2D eigenvalue weighted by atomic mass is 35.5. The molecule has 1 aliphatic rings. The van der Waals surface area contributed by atoms with Gasteiger partial charge < -0.3 is 0 Å². The minimum atomic E-state index is 0.362. The molecule has 71 valence electrons. The van der Waals surface area contributed by atoms with E-state index in [4.69, 9.17) is 23.2 Å². The molecule has 0 fully saturated rings. The highest BCUT2D eigenvalue weighted by Gasteiger charge is 2.11. The van der Waals surface area contributed by atoms with Crippen molar-refractivity contribution in [2.24, 2.45) is 0 Å². The zero-order valence-corrected chi connectivity index (χ0v) is 9.02. The molecule has 0 heterocycles. The van der Waals surface area contributed by atoms with Crippen LogP contribution in [0.1, 0.15) is 17.9 Å². The number of allylic oxidation sites excluding steroid dienone is 4. The molecule has 1 unspecified atom stereocenters. The Morgan fingerprint density at radius 2 is 2.14 bits per heavy atom. The molecule has 0 nitrogen and oxygen atoms in total. The van der Waals surface area contributed by atoms with E-state index in [-0.39, 0.29) is 0 Å². The van der Waals surface area contributed by atoms with Crippen molar-refractivity contribution >= 4 is 23.2 Å². The van der Waals surface area contributed by atoms with E-state index in [1.54, 1.807) is 6.07 Å². The maximum atomic E-state index is 6.11. The van der Waals surface area contributed by atoms with Gasteiger partial charge in [0.25, 0.3) is 0 Å². The Hall–Kier alpha value is -0.720. The molecule has 0 bridgehead atoms. The number of hydrogen-bond donors (Lipinski definition) is 0. The van der Waals surface area contributed by atoms with Crippen molar-refractivity contribution in [3.05, 3.63) is 58.1 Å². The van der Waals surface area contributed by atoms with E-state index in [9.17, 15) is 0 Å². The summed E-state index contributed by atoms with van der Waals surface area (Å²) in [6.45, 7) is 0. The van der Waals surface area contributed by atoms with E-state index >= 15 is 0 Å². The third-order valence-corrected chi connectivity index (χ3v) is 2.84. The molecule has 1 aromatic rings. The quantitative estimate of drug-likeness (QED) is 0.663. The van der Waals surface area contributed by atoms with Gasteiger partial charge >= 0.3 is 0 Å². The van der Waals surface area contributed by atoms with E-state index in [0.29, 0.717) is 10.9 Å². The highest BCUT2D eigenvalue weighted by molar-refractivity contribution is 6.35. The minimum absolute atomic E-state index is 0.362. The number of halogens is 2. The molecule has 2 heteroatoms. The number of benzene rings is 1. The van der Waals surface area contributed by atoms with Crippen LogP contribution in [-0.2, 0) is 0 Å². The fourth-order valence-corrected chi connectivity index (χ4v) is 2.09. The third-order valence-electron chi connectivity index (χ3n) is 2.28. The Morgan fingerprint density at radius 3 is 2.79 bits per heavy atom. The van der Waals surface area contributed by atoms with E-state index in [1.165, 1.54) is 0 Å². The summed E-state index contributed by atoms with van der Waals surface area (Å²) in [6.07, 6.45) is 10.1. The second-order valence-electron chi connectivity index (χ2n) is 3.24. The first-order valence-electron chi connectivity index (χ1n) is 4.47. The Labute approximate surface area is 93.8 Å². The van der Waals surface area contributed by atoms with Crippen LogP contribution >= 0.6 is 23.2 Å². The van der Waals surface area contributed by atoms with E-state index in [1.807, 2.05) is 24.3 Å². The molecule has 0 aromatic heterocycles. The zero-order chi connectivity index (χ0) is 9.97. The van der Waals surface area contributed by atoms with Crippen LogP contribution in [0.4, 0.5) is 0 Å². The Kier molecular flexibility index (Phi) is 2.95. The second-order valence-corrected chi connectivity index (χ2v) is 4.08. The maximum absolute atomic E-state index is 6.11. The largest absolute Gasteiger partial charge is 0.0843 e. The van der Waals surface area contributed by atoms with Crippen LogP contribution in [0, 0.1) is 6.08 Å². The van der Waals surface area contributed by atoms with Crippen LogP contribution in [-0.4, -0.2) is 0 Å². The summed E-state index contributed by atoms with van der Waals surface area (Å²) >= 11 is 11.9. The lowest BCUT2D eigenvalue weighted by Gasteiger charge is -2.14. The Morgan fingerprint density at radius 1 is 1.29 bits per heavy atom. The molecular formula is C12H9Cl2. The molecule has 0 N–H and O–H groups in total.